The molecule has 1 aliphatic carbocycles. The molecule has 3 rings (SSSR count). The minimum atomic E-state index is -0.112. The Kier molecular flexibility index (Phi) is 2.87. The number of hydrogen-bond donors (Lipinski definition) is 0. The number of hydrogen-bond acceptors (Lipinski definition) is 1. The Morgan fingerprint density at radius 3 is 2.65 bits per heavy atom. The summed E-state index contributed by atoms with van der Waals surface area (Å²) in [6.07, 6.45) is 8.29. The van der Waals surface area contributed by atoms with Crippen molar-refractivity contribution in [3.63, 3.8) is 0 Å². The molecule has 1 saturated heterocycles. The van der Waals surface area contributed by atoms with E-state index in [9.17, 15) is 4.39 Å². The Hall–Kier alpha value is -1.31. The highest BCUT2D eigenvalue weighted by Crippen LogP contribution is 2.28. The van der Waals surface area contributed by atoms with Crippen LogP contribution in [0, 0.1) is 5.82 Å². The third kappa shape index (κ3) is 2.21. The van der Waals surface area contributed by atoms with Crippen molar-refractivity contribution in [2.75, 3.05) is 13.1 Å². The fraction of sp³-hybridized carbons (Fsp3) is 0.467. The van der Waals surface area contributed by atoms with Crippen molar-refractivity contribution in [1.29, 1.82) is 0 Å². The van der Waals surface area contributed by atoms with Crippen molar-refractivity contribution in [2.24, 2.45) is 0 Å². The lowest BCUT2D eigenvalue weighted by Gasteiger charge is -2.33. The molecule has 17 heavy (non-hydrogen) atoms. The lowest BCUT2D eigenvalue weighted by Crippen LogP contribution is -2.30. The van der Waals surface area contributed by atoms with Crippen molar-refractivity contribution in [1.82, 2.24) is 4.90 Å². The highest BCUT2D eigenvalue weighted by molar-refractivity contribution is 5.59. The van der Waals surface area contributed by atoms with E-state index in [1.165, 1.54) is 43.6 Å². The molecule has 2 aliphatic rings. The average molecular weight is 231 g/mol. The third-order valence-electron chi connectivity index (χ3n) is 3.84. The second-order valence-electron chi connectivity index (χ2n) is 5.03. The number of fused-ring (bicyclic) bond motifs is 1. The average Bonchev–Trinajstić information content (AvgIpc) is 2.39. The van der Waals surface area contributed by atoms with Crippen LogP contribution in [0.1, 0.15) is 36.8 Å². The smallest absolute Gasteiger partial charge is 0.123 e. The maximum absolute atomic E-state index is 13.1. The number of nitrogens with zero attached hydrogens (tertiary/aromatic N) is 1. The molecule has 0 amide bonds. The van der Waals surface area contributed by atoms with Crippen molar-refractivity contribution in [3.05, 3.63) is 40.8 Å². The first-order valence-corrected chi connectivity index (χ1v) is 6.57. The minimum absolute atomic E-state index is 0.112. The van der Waals surface area contributed by atoms with Gasteiger partial charge < -0.3 is 4.90 Å². The highest BCUT2D eigenvalue weighted by atomic mass is 19.1. The van der Waals surface area contributed by atoms with E-state index in [0.29, 0.717) is 0 Å². The zero-order valence-corrected chi connectivity index (χ0v) is 10.1. The highest BCUT2D eigenvalue weighted by Gasteiger charge is 2.17. The van der Waals surface area contributed by atoms with Crippen molar-refractivity contribution in [2.45, 2.75) is 32.1 Å². The van der Waals surface area contributed by atoms with Gasteiger partial charge in [0.2, 0.25) is 0 Å². The van der Waals surface area contributed by atoms with Gasteiger partial charge in [-0.15, -0.1) is 0 Å². The summed E-state index contributed by atoms with van der Waals surface area (Å²) in [5.41, 5.74) is 3.81. The largest absolute Gasteiger partial charge is 0.375 e. The quantitative estimate of drug-likeness (QED) is 0.714. The third-order valence-corrected chi connectivity index (χ3v) is 3.84. The van der Waals surface area contributed by atoms with E-state index < -0.39 is 0 Å². The predicted molar refractivity (Wildman–Crippen MR) is 68.1 cm³/mol. The first kappa shape index (κ1) is 10.8. The minimum Gasteiger partial charge on any atom is -0.375 e. The molecule has 0 spiro atoms. The molecule has 0 radical (unpaired) electrons. The topological polar surface area (TPSA) is 3.24 Å². The number of allylic oxidation sites excluding steroid dienone is 1. The van der Waals surface area contributed by atoms with Crippen LogP contribution >= 0.6 is 0 Å². The van der Waals surface area contributed by atoms with Gasteiger partial charge in [-0.05, 0) is 61.4 Å². The van der Waals surface area contributed by atoms with E-state index in [1.807, 2.05) is 6.07 Å². The van der Waals surface area contributed by atoms with Crippen LogP contribution in [0.5, 0.6) is 0 Å². The predicted octanol–water partition coefficient (Wildman–Crippen LogP) is 3.60. The molecule has 2 heteroatoms. The van der Waals surface area contributed by atoms with Crippen LogP contribution in [-0.4, -0.2) is 18.0 Å². The molecule has 0 atom stereocenters. The van der Waals surface area contributed by atoms with Crippen LogP contribution in [-0.2, 0) is 6.42 Å². The van der Waals surface area contributed by atoms with Gasteiger partial charge in [0.05, 0.1) is 0 Å². The van der Waals surface area contributed by atoms with Crippen LogP contribution in [0.4, 0.5) is 4.39 Å². The Balaban J connectivity index is 1.86. The van der Waals surface area contributed by atoms with Gasteiger partial charge in [0, 0.05) is 18.8 Å². The molecule has 1 aromatic carbocycles. The monoisotopic (exact) mass is 231 g/mol. The molecule has 0 unspecified atom stereocenters. The van der Waals surface area contributed by atoms with E-state index in [2.05, 4.69) is 11.0 Å². The first-order chi connectivity index (χ1) is 8.33. The van der Waals surface area contributed by atoms with E-state index in [4.69, 9.17) is 0 Å². The zero-order chi connectivity index (χ0) is 11.7. The number of rotatable bonds is 1. The summed E-state index contributed by atoms with van der Waals surface area (Å²) in [5, 5.41) is 0. The second-order valence-corrected chi connectivity index (χ2v) is 5.03. The van der Waals surface area contributed by atoms with Crippen LogP contribution in [0.15, 0.2) is 23.9 Å². The Morgan fingerprint density at radius 1 is 1.00 bits per heavy atom. The lowest BCUT2D eigenvalue weighted by molar-refractivity contribution is 0.278. The molecular formula is C15H18FN. The number of likely N-dealkylation sites (tertiary alicyclic amines) is 1. The number of benzene rings is 1. The molecule has 1 fully saturated rings. The van der Waals surface area contributed by atoms with Gasteiger partial charge in [0.1, 0.15) is 5.82 Å². The van der Waals surface area contributed by atoms with Gasteiger partial charge in [-0.25, -0.2) is 4.39 Å². The van der Waals surface area contributed by atoms with Gasteiger partial charge in [-0.3, -0.25) is 0 Å². The molecular weight excluding hydrogens is 213 g/mol. The molecule has 0 bridgehead atoms. The van der Waals surface area contributed by atoms with Gasteiger partial charge in [-0.2, -0.15) is 0 Å². The Labute approximate surface area is 102 Å². The number of aryl methyl sites for hydroxylation is 1. The van der Waals surface area contributed by atoms with E-state index in [0.717, 1.165) is 18.4 Å². The number of piperidine rings is 1. The van der Waals surface area contributed by atoms with Crippen LogP contribution < -0.4 is 0 Å². The summed E-state index contributed by atoms with van der Waals surface area (Å²) >= 11 is 0. The summed E-state index contributed by atoms with van der Waals surface area (Å²) < 4.78 is 13.1. The fourth-order valence-corrected chi connectivity index (χ4v) is 2.88. The van der Waals surface area contributed by atoms with E-state index in [-0.39, 0.29) is 5.82 Å². The maximum atomic E-state index is 13.1. The fourth-order valence-electron chi connectivity index (χ4n) is 2.88. The van der Waals surface area contributed by atoms with E-state index in [1.54, 1.807) is 12.1 Å². The summed E-state index contributed by atoms with van der Waals surface area (Å²) in [6, 6.07) is 5.15. The zero-order valence-electron chi connectivity index (χ0n) is 10.1. The standard InChI is InChI=1S/C15H18FN/c16-14-6-4-13-11-15(7-5-12(13)10-14)17-8-2-1-3-9-17/h4,6,10-11H,1-3,5,7-9H2. The first-order valence-electron chi connectivity index (χ1n) is 6.57. The molecule has 1 aliphatic heterocycles. The molecule has 0 saturated carbocycles. The Bertz CT molecular complexity index is 444. The number of halogens is 1. The normalized spacial score (nSPS) is 19.8. The van der Waals surface area contributed by atoms with Crippen LogP contribution in [0.3, 0.4) is 0 Å². The molecule has 1 nitrogen and oxygen atoms in total. The second kappa shape index (κ2) is 4.52. The summed E-state index contributed by atoms with van der Waals surface area (Å²) in [6.45, 7) is 2.39. The molecule has 1 heterocycles. The van der Waals surface area contributed by atoms with Gasteiger partial charge in [-0.1, -0.05) is 6.07 Å². The van der Waals surface area contributed by atoms with Gasteiger partial charge in [0.15, 0.2) is 0 Å². The summed E-state index contributed by atoms with van der Waals surface area (Å²) in [5.74, 6) is -0.112. The van der Waals surface area contributed by atoms with Crippen molar-refractivity contribution < 1.29 is 4.39 Å². The SMILES string of the molecule is Fc1ccc2c(c1)CCC(N1CCCCC1)=C2. The Morgan fingerprint density at radius 2 is 1.82 bits per heavy atom. The van der Waals surface area contributed by atoms with Crippen molar-refractivity contribution in [3.8, 4) is 0 Å². The summed E-state index contributed by atoms with van der Waals surface area (Å²) in [4.78, 5) is 2.51. The molecule has 1 aromatic rings. The molecule has 90 valence electrons. The van der Waals surface area contributed by atoms with Crippen LogP contribution in [0.25, 0.3) is 6.08 Å². The maximum Gasteiger partial charge on any atom is 0.123 e. The van der Waals surface area contributed by atoms with Crippen molar-refractivity contribution >= 4 is 6.08 Å². The molecule has 0 N–H and O–H groups in total. The molecule has 0 aromatic heterocycles. The van der Waals surface area contributed by atoms with E-state index >= 15 is 0 Å². The lowest BCUT2D eigenvalue weighted by atomic mass is 9.94. The van der Waals surface area contributed by atoms with Gasteiger partial charge in [0.25, 0.3) is 0 Å². The van der Waals surface area contributed by atoms with Gasteiger partial charge >= 0.3 is 0 Å². The summed E-state index contributed by atoms with van der Waals surface area (Å²) in [7, 11) is 0. The van der Waals surface area contributed by atoms with Crippen LogP contribution in [0.2, 0.25) is 0 Å².